The lowest BCUT2D eigenvalue weighted by Gasteiger charge is -2.30. The number of halogens is 2. The SMILES string of the molecule is FC1(F)CCC2CNCC2C1. The normalized spacial score (nSPS) is 42.0. The predicted molar refractivity (Wildman–Crippen MR) is 38.6 cm³/mol. The molecule has 0 amide bonds. The van der Waals surface area contributed by atoms with Crippen LogP contribution in [0.3, 0.4) is 0 Å². The van der Waals surface area contributed by atoms with Crippen molar-refractivity contribution in [2.75, 3.05) is 13.1 Å². The van der Waals surface area contributed by atoms with Gasteiger partial charge in [0.1, 0.15) is 0 Å². The molecule has 2 aliphatic rings. The Morgan fingerprint density at radius 1 is 1.18 bits per heavy atom. The Morgan fingerprint density at radius 3 is 2.73 bits per heavy atom. The average molecular weight is 161 g/mol. The second kappa shape index (κ2) is 2.41. The van der Waals surface area contributed by atoms with Gasteiger partial charge in [0.15, 0.2) is 0 Å². The number of rotatable bonds is 0. The highest BCUT2D eigenvalue weighted by Gasteiger charge is 2.42. The van der Waals surface area contributed by atoms with Crippen LogP contribution in [0.2, 0.25) is 0 Å². The Kier molecular flexibility index (Phi) is 1.63. The lowest BCUT2D eigenvalue weighted by atomic mass is 9.80. The Morgan fingerprint density at radius 2 is 1.91 bits per heavy atom. The standard InChI is InChI=1S/C8H13F2N/c9-8(10)2-1-6-4-11-5-7(6)3-8/h6-7,11H,1-5H2. The third-order valence-corrected chi connectivity index (χ3v) is 2.92. The molecule has 0 aromatic rings. The van der Waals surface area contributed by atoms with Crippen LogP contribution in [-0.2, 0) is 0 Å². The van der Waals surface area contributed by atoms with Crippen molar-refractivity contribution in [1.82, 2.24) is 5.32 Å². The van der Waals surface area contributed by atoms with E-state index in [9.17, 15) is 8.78 Å². The lowest BCUT2D eigenvalue weighted by Crippen LogP contribution is -2.31. The van der Waals surface area contributed by atoms with E-state index in [0.717, 1.165) is 13.1 Å². The van der Waals surface area contributed by atoms with Crippen LogP contribution in [0.15, 0.2) is 0 Å². The van der Waals surface area contributed by atoms with E-state index in [4.69, 9.17) is 0 Å². The maximum absolute atomic E-state index is 12.8. The summed E-state index contributed by atoms with van der Waals surface area (Å²) < 4.78 is 25.6. The third-order valence-electron chi connectivity index (χ3n) is 2.92. The highest BCUT2D eigenvalue weighted by atomic mass is 19.3. The van der Waals surface area contributed by atoms with Crippen LogP contribution in [0, 0.1) is 11.8 Å². The van der Waals surface area contributed by atoms with Gasteiger partial charge in [-0.05, 0) is 31.3 Å². The molecule has 3 heteroatoms. The molecule has 0 aromatic carbocycles. The van der Waals surface area contributed by atoms with Crippen molar-refractivity contribution in [3.05, 3.63) is 0 Å². The van der Waals surface area contributed by atoms with E-state index in [1.807, 2.05) is 0 Å². The highest BCUT2D eigenvalue weighted by molar-refractivity contribution is 4.90. The average Bonchev–Trinajstić information content (AvgIpc) is 2.31. The summed E-state index contributed by atoms with van der Waals surface area (Å²) in [5.41, 5.74) is 0. The fourth-order valence-corrected chi connectivity index (χ4v) is 2.25. The van der Waals surface area contributed by atoms with Gasteiger partial charge in [-0.25, -0.2) is 8.78 Å². The first kappa shape index (κ1) is 7.47. The van der Waals surface area contributed by atoms with Crippen molar-refractivity contribution < 1.29 is 8.78 Å². The van der Waals surface area contributed by atoms with E-state index in [0.29, 0.717) is 12.3 Å². The van der Waals surface area contributed by atoms with E-state index < -0.39 is 5.92 Å². The summed E-state index contributed by atoms with van der Waals surface area (Å²) in [6.45, 7) is 1.76. The summed E-state index contributed by atoms with van der Waals surface area (Å²) in [6, 6.07) is 0. The molecule has 1 heterocycles. The van der Waals surface area contributed by atoms with Gasteiger partial charge < -0.3 is 5.32 Å². The minimum Gasteiger partial charge on any atom is -0.316 e. The van der Waals surface area contributed by atoms with Crippen LogP contribution in [0.4, 0.5) is 8.78 Å². The molecule has 2 fully saturated rings. The summed E-state index contributed by atoms with van der Waals surface area (Å²) in [5.74, 6) is -1.58. The molecule has 1 nitrogen and oxygen atoms in total. The Bertz CT molecular complexity index is 158. The van der Waals surface area contributed by atoms with Gasteiger partial charge in [0.05, 0.1) is 0 Å². The van der Waals surface area contributed by atoms with Crippen molar-refractivity contribution in [2.45, 2.75) is 25.2 Å². The number of hydrogen-bond donors (Lipinski definition) is 1. The first-order valence-corrected chi connectivity index (χ1v) is 4.26. The first-order chi connectivity index (χ1) is 5.17. The minimum atomic E-state index is -2.37. The summed E-state index contributed by atoms with van der Waals surface area (Å²) in [5, 5.41) is 3.17. The molecule has 1 saturated carbocycles. The molecule has 1 aliphatic heterocycles. The fourth-order valence-electron chi connectivity index (χ4n) is 2.25. The van der Waals surface area contributed by atoms with E-state index in [-0.39, 0.29) is 18.8 Å². The van der Waals surface area contributed by atoms with Crippen LogP contribution in [0.5, 0.6) is 0 Å². The molecule has 2 rings (SSSR count). The lowest BCUT2D eigenvalue weighted by molar-refractivity contribution is -0.0601. The summed E-state index contributed by atoms with van der Waals surface area (Å²) in [6.07, 6.45) is 0.936. The zero-order valence-corrected chi connectivity index (χ0v) is 6.45. The zero-order chi connectivity index (χ0) is 7.90. The van der Waals surface area contributed by atoms with Crippen molar-refractivity contribution >= 4 is 0 Å². The zero-order valence-electron chi connectivity index (χ0n) is 6.45. The molecular formula is C8H13F2N. The molecule has 0 aromatic heterocycles. The van der Waals surface area contributed by atoms with Gasteiger partial charge >= 0.3 is 0 Å². The Hall–Kier alpha value is -0.180. The van der Waals surface area contributed by atoms with Gasteiger partial charge in [-0.3, -0.25) is 0 Å². The van der Waals surface area contributed by atoms with Gasteiger partial charge in [0.2, 0.25) is 5.92 Å². The van der Waals surface area contributed by atoms with Gasteiger partial charge in [-0.15, -0.1) is 0 Å². The molecule has 1 aliphatic carbocycles. The van der Waals surface area contributed by atoms with Crippen LogP contribution < -0.4 is 5.32 Å². The second-order valence-electron chi connectivity index (χ2n) is 3.78. The van der Waals surface area contributed by atoms with E-state index >= 15 is 0 Å². The predicted octanol–water partition coefficient (Wildman–Crippen LogP) is 1.64. The summed E-state index contributed by atoms with van der Waals surface area (Å²) in [7, 11) is 0. The number of hydrogen-bond acceptors (Lipinski definition) is 1. The fraction of sp³-hybridized carbons (Fsp3) is 1.00. The molecule has 1 N–H and O–H groups in total. The van der Waals surface area contributed by atoms with Gasteiger partial charge in [0, 0.05) is 12.8 Å². The second-order valence-corrected chi connectivity index (χ2v) is 3.78. The molecule has 2 unspecified atom stereocenters. The van der Waals surface area contributed by atoms with Crippen molar-refractivity contribution in [1.29, 1.82) is 0 Å². The number of nitrogens with one attached hydrogen (secondary N) is 1. The highest BCUT2D eigenvalue weighted by Crippen LogP contribution is 2.41. The Balaban J connectivity index is 2.02. The topological polar surface area (TPSA) is 12.0 Å². The molecular weight excluding hydrogens is 148 g/mol. The molecule has 2 atom stereocenters. The van der Waals surface area contributed by atoms with Crippen LogP contribution >= 0.6 is 0 Å². The summed E-state index contributed by atoms with van der Waals surface area (Å²) in [4.78, 5) is 0. The van der Waals surface area contributed by atoms with E-state index in [2.05, 4.69) is 5.32 Å². The third kappa shape index (κ3) is 1.39. The largest absolute Gasteiger partial charge is 0.316 e. The molecule has 0 spiro atoms. The van der Waals surface area contributed by atoms with Crippen LogP contribution in [0.1, 0.15) is 19.3 Å². The number of alkyl halides is 2. The smallest absolute Gasteiger partial charge is 0.248 e. The van der Waals surface area contributed by atoms with Crippen LogP contribution in [0.25, 0.3) is 0 Å². The van der Waals surface area contributed by atoms with Crippen molar-refractivity contribution in [3.63, 3.8) is 0 Å². The maximum Gasteiger partial charge on any atom is 0.248 e. The minimum absolute atomic E-state index is 0.107. The first-order valence-electron chi connectivity index (χ1n) is 4.26. The van der Waals surface area contributed by atoms with Crippen molar-refractivity contribution in [3.8, 4) is 0 Å². The summed E-state index contributed by atoms with van der Waals surface area (Å²) >= 11 is 0. The monoisotopic (exact) mass is 161 g/mol. The molecule has 1 saturated heterocycles. The molecule has 64 valence electrons. The van der Waals surface area contributed by atoms with Gasteiger partial charge in [-0.2, -0.15) is 0 Å². The van der Waals surface area contributed by atoms with Gasteiger partial charge in [-0.1, -0.05) is 0 Å². The van der Waals surface area contributed by atoms with Gasteiger partial charge in [0.25, 0.3) is 0 Å². The molecule has 0 radical (unpaired) electrons. The molecule has 11 heavy (non-hydrogen) atoms. The quantitative estimate of drug-likeness (QED) is 0.569. The van der Waals surface area contributed by atoms with Crippen molar-refractivity contribution in [2.24, 2.45) is 11.8 Å². The Labute approximate surface area is 65.2 Å². The maximum atomic E-state index is 12.8. The van der Waals surface area contributed by atoms with E-state index in [1.54, 1.807) is 0 Å². The molecule has 0 bridgehead atoms. The van der Waals surface area contributed by atoms with E-state index in [1.165, 1.54) is 0 Å². The number of fused-ring (bicyclic) bond motifs is 1. The van der Waals surface area contributed by atoms with Crippen LogP contribution in [-0.4, -0.2) is 19.0 Å².